The zero-order chi connectivity index (χ0) is 18.1. The molecule has 0 bridgehead atoms. The summed E-state index contributed by atoms with van der Waals surface area (Å²) >= 11 is 1.57. The Bertz CT molecular complexity index is 1080. The summed E-state index contributed by atoms with van der Waals surface area (Å²) < 4.78 is 18.2. The summed E-state index contributed by atoms with van der Waals surface area (Å²) in [6.45, 7) is 3.14. The summed E-state index contributed by atoms with van der Waals surface area (Å²) in [5.41, 5.74) is 2.30. The zero-order valence-corrected chi connectivity index (χ0v) is 15.0. The molecule has 1 aromatic carbocycles. The number of aryl methyl sites for hydroxylation is 1. The first-order chi connectivity index (χ1) is 12.6. The molecule has 7 heteroatoms. The van der Waals surface area contributed by atoms with Crippen molar-refractivity contribution >= 4 is 33.3 Å². The summed E-state index contributed by atoms with van der Waals surface area (Å²) in [7, 11) is 0. The molecular formula is C19H17FN4OS. The lowest BCUT2D eigenvalue weighted by Crippen LogP contribution is -2.18. The van der Waals surface area contributed by atoms with Crippen LogP contribution in [0.3, 0.4) is 0 Å². The van der Waals surface area contributed by atoms with E-state index >= 15 is 0 Å². The number of amides is 1. The first kappa shape index (κ1) is 16.5. The highest BCUT2D eigenvalue weighted by Gasteiger charge is 2.18. The number of nitrogens with one attached hydrogen (secondary N) is 1. The third kappa shape index (κ3) is 3.13. The number of aromatic nitrogens is 3. The fraction of sp³-hybridized carbons (Fsp3) is 0.158. The molecular weight excluding hydrogens is 351 g/mol. The molecule has 0 aliphatic heterocycles. The topological polar surface area (TPSA) is 51.9 Å². The van der Waals surface area contributed by atoms with Gasteiger partial charge < -0.3 is 9.88 Å². The monoisotopic (exact) mass is 368 g/mol. The van der Waals surface area contributed by atoms with E-state index in [-0.39, 0.29) is 11.7 Å². The maximum atomic E-state index is 13.5. The van der Waals surface area contributed by atoms with Gasteiger partial charge in [-0.2, -0.15) is 5.10 Å². The number of benzene rings is 1. The van der Waals surface area contributed by atoms with Crippen molar-refractivity contribution < 1.29 is 9.18 Å². The first-order valence-electron chi connectivity index (χ1n) is 8.30. The van der Waals surface area contributed by atoms with E-state index in [4.69, 9.17) is 0 Å². The summed E-state index contributed by atoms with van der Waals surface area (Å²) in [5.74, 6) is -0.00260. The Kier molecular flexibility index (Phi) is 4.30. The van der Waals surface area contributed by atoms with Crippen molar-refractivity contribution in [3.63, 3.8) is 0 Å². The van der Waals surface area contributed by atoms with Crippen molar-refractivity contribution in [3.05, 3.63) is 71.1 Å². The largest absolute Gasteiger partial charge is 0.331 e. The van der Waals surface area contributed by atoms with E-state index in [9.17, 15) is 9.18 Å². The number of fused-ring (bicyclic) bond motifs is 1. The van der Waals surface area contributed by atoms with Gasteiger partial charge in [0.25, 0.3) is 5.91 Å². The summed E-state index contributed by atoms with van der Waals surface area (Å²) in [4.78, 5) is 12.8. The molecule has 132 valence electrons. The Morgan fingerprint density at radius 2 is 2.15 bits per heavy atom. The van der Waals surface area contributed by atoms with Crippen LogP contribution >= 0.6 is 11.3 Å². The molecule has 0 atom stereocenters. The minimum Gasteiger partial charge on any atom is -0.331 e. The van der Waals surface area contributed by atoms with Gasteiger partial charge in [0.2, 0.25) is 0 Å². The summed E-state index contributed by atoms with van der Waals surface area (Å²) in [5, 5.41) is 9.11. The lowest BCUT2D eigenvalue weighted by atomic mass is 10.2. The molecule has 1 amide bonds. The molecule has 0 aliphatic carbocycles. The van der Waals surface area contributed by atoms with Gasteiger partial charge >= 0.3 is 0 Å². The highest BCUT2D eigenvalue weighted by molar-refractivity contribution is 7.17. The second-order valence-electron chi connectivity index (χ2n) is 5.93. The van der Waals surface area contributed by atoms with Gasteiger partial charge in [-0.15, -0.1) is 11.3 Å². The standard InChI is InChI=1S/C19H17FN4OS/c1-2-23-8-6-18(22-23)21-19(25)16-11-17-15(7-9-26-17)24(16)12-13-4-3-5-14(20)10-13/h3-11H,2,12H2,1H3,(H,21,22,25). The van der Waals surface area contributed by atoms with Gasteiger partial charge in [0.15, 0.2) is 5.82 Å². The quantitative estimate of drug-likeness (QED) is 0.569. The number of thiophene rings is 1. The molecule has 3 heterocycles. The lowest BCUT2D eigenvalue weighted by Gasteiger charge is -2.10. The van der Waals surface area contributed by atoms with Crippen LogP contribution < -0.4 is 5.32 Å². The smallest absolute Gasteiger partial charge is 0.273 e. The van der Waals surface area contributed by atoms with Crippen LogP contribution in [0.1, 0.15) is 23.0 Å². The van der Waals surface area contributed by atoms with Crippen molar-refractivity contribution in [1.82, 2.24) is 14.3 Å². The number of carbonyl (C=O) groups excluding carboxylic acids is 1. The molecule has 1 N–H and O–H groups in total. The molecule has 0 aliphatic rings. The molecule has 0 saturated heterocycles. The Morgan fingerprint density at radius 1 is 1.27 bits per heavy atom. The van der Waals surface area contributed by atoms with E-state index in [0.29, 0.717) is 18.1 Å². The van der Waals surface area contributed by atoms with Crippen molar-refractivity contribution in [1.29, 1.82) is 0 Å². The molecule has 3 aromatic heterocycles. The van der Waals surface area contributed by atoms with Crippen molar-refractivity contribution in [3.8, 4) is 0 Å². The fourth-order valence-electron chi connectivity index (χ4n) is 2.94. The van der Waals surface area contributed by atoms with Gasteiger partial charge in [-0.25, -0.2) is 4.39 Å². The van der Waals surface area contributed by atoms with Crippen LogP contribution in [0.4, 0.5) is 10.2 Å². The van der Waals surface area contributed by atoms with Gasteiger partial charge in [-0.05, 0) is 42.1 Å². The molecule has 0 spiro atoms. The summed E-state index contributed by atoms with van der Waals surface area (Å²) in [6.07, 6.45) is 1.82. The highest BCUT2D eigenvalue weighted by Crippen LogP contribution is 2.27. The number of anilines is 1. The van der Waals surface area contributed by atoms with Crippen LogP contribution in [0.5, 0.6) is 0 Å². The van der Waals surface area contributed by atoms with E-state index in [2.05, 4.69) is 10.4 Å². The van der Waals surface area contributed by atoms with Crippen LogP contribution in [0.15, 0.2) is 54.0 Å². The Morgan fingerprint density at radius 3 is 2.92 bits per heavy atom. The number of hydrogen-bond acceptors (Lipinski definition) is 3. The van der Waals surface area contributed by atoms with Crippen molar-refractivity contribution in [2.75, 3.05) is 5.32 Å². The number of rotatable bonds is 5. The SMILES string of the molecule is CCn1ccc(NC(=O)c2cc3sccc3n2Cc2cccc(F)c2)n1. The van der Waals surface area contributed by atoms with E-state index < -0.39 is 0 Å². The normalized spacial score (nSPS) is 11.2. The molecule has 4 rings (SSSR count). The average molecular weight is 368 g/mol. The lowest BCUT2D eigenvalue weighted by molar-refractivity contribution is 0.101. The van der Waals surface area contributed by atoms with E-state index in [1.807, 2.05) is 41.3 Å². The highest BCUT2D eigenvalue weighted by atomic mass is 32.1. The van der Waals surface area contributed by atoms with E-state index in [0.717, 1.165) is 22.3 Å². The molecule has 0 saturated carbocycles. The van der Waals surface area contributed by atoms with Gasteiger partial charge in [-0.1, -0.05) is 12.1 Å². The molecule has 26 heavy (non-hydrogen) atoms. The summed E-state index contributed by atoms with van der Waals surface area (Å²) in [6, 6.07) is 12.0. The average Bonchev–Trinajstić information content (AvgIpc) is 3.32. The van der Waals surface area contributed by atoms with Crippen molar-refractivity contribution in [2.45, 2.75) is 20.0 Å². The second-order valence-corrected chi connectivity index (χ2v) is 6.87. The van der Waals surface area contributed by atoms with Crippen LogP contribution in [0.25, 0.3) is 10.2 Å². The van der Waals surface area contributed by atoms with Gasteiger partial charge in [0.1, 0.15) is 11.5 Å². The zero-order valence-electron chi connectivity index (χ0n) is 14.1. The van der Waals surface area contributed by atoms with E-state index in [1.165, 1.54) is 12.1 Å². The molecule has 5 nitrogen and oxygen atoms in total. The maximum Gasteiger partial charge on any atom is 0.273 e. The molecule has 0 fully saturated rings. The third-order valence-electron chi connectivity index (χ3n) is 4.19. The number of hydrogen-bond donors (Lipinski definition) is 1. The number of nitrogens with zero attached hydrogens (tertiary/aromatic N) is 3. The van der Waals surface area contributed by atoms with Crippen LogP contribution in [0, 0.1) is 5.82 Å². The van der Waals surface area contributed by atoms with Gasteiger partial charge in [-0.3, -0.25) is 9.48 Å². The molecule has 4 aromatic rings. The van der Waals surface area contributed by atoms with Crippen LogP contribution in [-0.2, 0) is 13.1 Å². The Labute approximate surface area is 153 Å². The van der Waals surface area contributed by atoms with E-state index in [1.54, 1.807) is 28.2 Å². The third-order valence-corrected chi connectivity index (χ3v) is 5.04. The maximum absolute atomic E-state index is 13.5. The van der Waals surface area contributed by atoms with Gasteiger partial charge in [0, 0.05) is 25.4 Å². The first-order valence-corrected chi connectivity index (χ1v) is 9.18. The number of carbonyl (C=O) groups is 1. The van der Waals surface area contributed by atoms with Crippen LogP contribution in [-0.4, -0.2) is 20.3 Å². The second kappa shape index (κ2) is 6.76. The Balaban J connectivity index is 1.67. The van der Waals surface area contributed by atoms with Crippen LogP contribution in [0.2, 0.25) is 0 Å². The molecule has 0 unspecified atom stereocenters. The fourth-order valence-corrected chi connectivity index (χ4v) is 3.76. The minimum absolute atomic E-state index is 0.230. The van der Waals surface area contributed by atoms with Gasteiger partial charge in [0.05, 0.1) is 10.2 Å². The Hall–Kier alpha value is -2.93. The number of halogens is 1. The molecule has 0 radical (unpaired) electrons. The minimum atomic E-state index is -0.285. The predicted molar refractivity (Wildman–Crippen MR) is 101 cm³/mol. The predicted octanol–water partition coefficient (Wildman–Crippen LogP) is 4.36. The van der Waals surface area contributed by atoms with Crippen molar-refractivity contribution in [2.24, 2.45) is 0 Å².